The lowest BCUT2D eigenvalue weighted by Crippen LogP contribution is -2.52. The van der Waals surface area contributed by atoms with Crippen LogP contribution in [0.3, 0.4) is 0 Å². The molecule has 2 aliphatic carbocycles. The maximum atomic E-state index is 12.6. The minimum absolute atomic E-state index is 0.00237. The highest BCUT2D eigenvalue weighted by Crippen LogP contribution is 2.40. The number of carbonyl (C=O) groups is 1. The molecule has 0 bridgehead atoms. The van der Waals surface area contributed by atoms with Gasteiger partial charge in [0.1, 0.15) is 17.2 Å². The van der Waals surface area contributed by atoms with Crippen LogP contribution in [0.1, 0.15) is 68.3 Å². The maximum absolute atomic E-state index is 12.6. The van der Waals surface area contributed by atoms with Gasteiger partial charge in [-0.05, 0) is 56.7 Å². The van der Waals surface area contributed by atoms with Gasteiger partial charge >= 0.3 is 0 Å². The molecule has 3 N–H and O–H groups in total. The van der Waals surface area contributed by atoms with Gasteiger partial charge in [0.25, 0.3) is 5.91 Å². The molecule has 8 heteroatoms. The molecule has 1 spiro atoms. The second-order valence-corrected chi connectivity index (χ2v) is 9.86. The summed E-state index contributed by atoms with van der Waals surface area (Å²) in [5.41, 5.74) is 1.57. The van der Waals surface area contributed by atoms with Gasteiger partial charge < -0.3 is 20.5 Å². The Morgan fingerprint density at radius 3 is 2.55 bits per heavy atom. The summed E-state index contributed by atoms with van der Waals surface area (Å²) in [6, 6.07) is 8.73. The van der Waals surface area contributed by atoms with Crippen LogP contribution in [0.15, 0.2) is 36.7 Å². The van der Waals surface area contributed by atoms with Crippen LogP contribution in [0.5, 0.6) is 0 Å². The normalized spacial score (nSPS) is 24.3. The Kier molecular flexibility index (Phi) is 5.15. The second kappa shape index (κ2) is 8.32. The van der Waals surface area contributed by atoms with Gasteiger partial charge in [0.05, 0.1) is 5.54 Å². The lowest BCUT2D eigenvalue weighted by atomic mass is 9.80. The summed E-state index contributed by atoms with van der Waals surface area (Å²) in [7, 11) is 0. The Bertz CT molecular complexity index is 1140. The topological polar surface area (TPSA) is 96.8 Å². The quantitative estimate of drug-likeness (QED) is 0.560. The average Bonchev–Trinajstić information content (AvgIpc) is 3.25. The zero-order chi connectivity index (χ0) is 22.3. The average molecular weight is 446 g/mol. The second-order valence-electron chi connectivity index (χ2n) is 9.86. The van der Waals surface area contributed by atoms with Crippen molar-refractivity contribution in [1.82, 2.24) is 24.8 Å². The number of nitrogens with one attached hydrogen (secondary N) is 3. The molecule has 4 heterocycles. The molecule has 8 nitrogen and oxygen atoms in total. The first-order valence-corrected chi connectivity index (χ1v) is 12.3. The highest BCUT2D eigenvalue weighted by molar-refractivity contribution is 5.99. The van der Waals surface area contributed by atoms with Crippen LogP contribution in [0.25, 0.3) is 11.0 Å². The molecule has 2 saturated carbocycles. The fourth-order valence-corrected chi connectivity index (χ4v) is 5.95. The monoisotopic (exact) mass is 445 g/mol. The van der Waals surface area contributed by atoms with E-state index in [1.807, 2.05) is 36.7 Å². The lowest BCUT2D eigenvalue weighted by Gasteiger charge is -2.42. The van der Waals surface area contributed by atoms with E-state index in [4.69, 9.17) is 4.98 Å². The van der Waals surface area contributed by atoms with E-state index in [-0.39, 0.29) is 11.4 Å². The molecule has 3 aliphatic rings. The van der Waals surface area contributed by atoms with Crippen molar-refractivity contribution < 1.29 is 4.79 Å². The van der Waals surface area contributed by atoms with Crippen molar-refractivity contribution >= 4 is 28.7 Å². The molecule has 0 aromatic carbocycles. The number of aromatic nitrogens is 4. The number of nitrogens with zero attached hydrogens (tertiary/aromatic N) is 4. The van der Waals surface area contributed by atoms with Crippen molar-refractivity contribution in [2.75, 3.05) is 17.2 Å². The number of rotatable bonds is 4. The van der Waals surface area contributed by atoms with Gasteiger partial charge in [0.15, 0.2) is 0 Å². The molecule has 0 unspecified atom stereocenters. The Morgan fingerprint density at radius 1 is 1.00 bits per heavy atom. The smallest absolute Gasteiger partial charge is 0.268 e. The molecule has 172 valence electrons. The van der Waals surface area contributed by atoms with Gasteiger partial charge in [-0.15, -0.1) is 0 Å². The number of anilines is 2. The van der Waals surface area contributed by atoms with E-state index in [1.54, 1.807) is 0 Å². The molecule has 3 aromatic heterocycles. The molecule has 0 saturated heterocycles. The molecule has 0 radical (unpaired) electrons. The highest BCUT2D eigenvalue weighted by Gasteiger charge is 2.41. The van der Waals surface area contributed by atoms with Crippen molar-refractivity contribution in [2.24, 2.45) is 0 Å². The van der Waals surface area contributed by atoms with Crippen molar-refractivity contribution in [2.45, 2.75) is 75.4 Å². The van der Waals surface area contributed by atoms with Gasteiger partial charge in [-0.2, -0.15) is 4.98 Å². The zero-order valence-corrected chi connectivity index (χ0v) is 18.9. The van der Waals surface area contributed by atoms with Gasteiger partial charge in [0, 0.05) is 36.4 Å². The molecule has 6 rings (SSSR count). The molecule has 33 heavy (non-hydrogen) atoms. The molecular weight excluding hydrogens is 414 g/mol. The first kappa shape index (κ1) is 20.4. The van der Waals surface area contributed by atoms with Crippen LogP contribution in [0.4, 0.5) is 11.8 Å². The minimum atomic E-state index is -0.0515. The van der Waals surface area contributed by atoms with E-state index in [9.17, 15) is 4.79 Å². The predicted molar refractivity (Wildman–Crippen MR) is 128 cm³/mol. The summed E-state index contributed by atoms with van der Waals surface area (Å²) in [6.45, 7) is 0.697. The summed E-state index contributed by atoms with van der Waals surface area (Å²) < 4.78 is 2.24. The van der Waals surface area contributed by atoms with Crippen LogP contribution in [0.2, 0.25) is 0 Å². The predicted octanol–water partition coefficient (Wildman–Crippen LogP) is 4.06. The summed E-state index contributed by atoms with van der Waals surface area (Å²) in [4.78, 5) is 26.6. The van der Waals surface area contributed by atoms with Crippen molar-refractivity contribution in [3.63, 3.8) is 0 Å². The summed E-state index contributed by atoms with van der Waals surface area (Å²) in [6.07, 6.45) is 13.8. The molecule has 1 aliphatic heterocycles. The highest BCUT2D eigenvalue weighted by atomic mass is 16.2. The lowest BCUT2D eigenvalue weighted by molar-refractivity contribution is 0.0833. The van der Waals surface area contributed by atoms with Crippen molar-refractivity contribution in [3.05, 3.63) is 42.4 Å². The van der Waals surface area contributed by atoms with Gasteiger partial charge in [-0.3, -0.25) is 4.79 Å². The molecule has 2 fully saturated rings. The molecule has 1 amide bonds. The van der Waals surface area contributed by atoms with Gasteiger partial charge in [-0.25, -0.2) is 9.97 Å². The van der Waals surface area contributed by atoms with Crippen molar-refractivity contribution in [1.29, 1.82) is 0 Å². The van der Waals surface area contributed by atoms with Gasteiger partial charge in [0.2, 0.25) is 5.95 Å². The maximum Gasteiger partial charge on any atom is 0.268 e. The number of fused-ring (bicyclic) bond motifs is 4. The third-order valence-electron chi connectivity index (χ3n) is 7.69. The fraction of sp³-hybridized carbons (Fsp3) is 0.520. The Morgan fingerprint density at radius 2 is 1.79 bits per heavy atom. The molecule has 3 aromatic rings. The summed E-state index contributed by atoms with van der Waals surface area (Å²) in [5, 5.41) is 11.2. The summed E-state index contributed by atoms with van der Waals surface area (Å²) in [5.74, 6) is 1.61. The standard InChI is InChI=1S/C25H31N7O/c33-23-20-14-17-15-27-24(31-22(17)32(20)25(16-28-23)11-3-1-4-12-25)30-19-9-7-18(8-10-19)29-21-6-2-5-13-26-21/h2,5-6,13-15,18-19H,1,3-4,7-12,16H2,(H,26,29)(H,28,33)(H,27,30,31). The largest absolute Gasteiger partial charge is 0.367 e. The van der Waals surface area contributed by atoms with Crippen LogP contribution in [0, 0.1) is 0 Å². The third kappa shape index (κ3) is 3.81. The van der Waals surface area contributed by atoms with Crippen LogP contribution < -0.4 is 16.0 Å². The van der Waals surface area contributed by atoms with E-state index in [1.165, 1.54) is 19.3 Å². The Balaban J connectivity index is 1.20. The third-order valence-corrected chi connectivity index (χ3v) is 7.69. The summed E-state index contributed by atoms with van der Waals surface area (Å²) >= 11 is 0. The Hall–Kier alpha value is -3.16. The molecular formula is C25H31N7O. The number of hydrogen-bond donors (Lipinski definition) is 3. The molecule has 0 atom stereocenters. The van der Waals surface area contributed by atoms with Crippen LogP contribution in [-0.4, -0.2) is 44.1 Å². The van der Waals surface area contributed by atoms with Gasteiger partial charge in [-0.1, -0.05) is 25.3 Å². The first-order chi connectivity index (χ1) is 16.2. The van der Waals surface area contributed by atoms with Crippen LogP contribution in [-0.2, 0) is 5.54 Å². The minimum Gasteiger partial charge on any atom is -0.367 e. The van der Waals surface area contributed by atoms with E-state index in [0.717, 1.165) is 61.1 Å². The van der Waals surface area contributed by atoms with E-state index >= 15 is 0 Å². The Labute approximate surface area is 193 Å². The van der Waals surface area contributed by atoms with E-state index in [0.29, 0.717) is 24.6 Å². The fourth-order valence-electron chi connectivity index (χ4n) is 5.95. The van der Waals surface area contributed by atoms with E-state index < -0.39 is 0 Å². The zero-order valence-electron chi connectivity index (χ0n) is 18.9. The number of amides is 1. The van der Waals surface area contributed by atoms with E-state index in [2.05, 4.69) is 30.5 Å². The van der Waals surface area contributed by atoms with Crippen molar-refractivity contribution in [3.8, 4) is 0 Å². The SMILES string of the molecule is O=C1NCC2(CCCCC2)n2c1cc1cnc(NC3CCC(Nc4ccccn4)CC3)nc12. The number of hydrogen-bond acceptors (Lipinski definition) is 6. The number of carbonyl (C=O) groups excluding carboxylic acids is 1. The number of pyridine rings is 1. The van der Waals surface area contributed by atoms with Crippen LogP contribution >= 0.6 is 0 Å². The first-order valence-electron chi connectivity index (χ1n) is 12.3.